The minimum Gasteiger partial charge on any atom is -0.311 e. The molecular weight excluding hydrogens is 232 g/mol. The molecule has 3 unspecified atom stereocenters. The van der Waals surface area contributed by atoms with E-state index in [1.807, 2.05) is 0 Å². The van der Waals surface area contributed by atoms with Crippen molar-refractivity contribution >= 4 is 0 Å². The molecule has 1 saturated heterocycles. The molecule has 1 aliphatic carbocycles. The first-order valence-corrected chi connectivity index (χ1v) is 8.18. The second-order valence-electron chi connectivity index (χ2n) is 6.43. The summed E-state index contributed by atoms with van der Waals surface area (Å²) in [7, 11) is 0. The largest absolute Gasteiger partial charge is 0.311 e. The molecule has 0 aromatic heterocycles. The highest BCUT2D eigenvalue weighted by Crippen LogP contribution is 2.29. The van der Waals surface area contributed by atoms with Gasteiger partial charge in [0.2, 0.25) is 0 Å². The summed E-state index contributed by atoms with van der Waals surface area (Å²) in [5.41, 5.74) is 0. The Morgan fingerprint density at radius 2 is 2.05 bits per heavy atom. The first-order valence-electron chi connectivity index (χ1n) is 8.18. The molecule has 2 nitrogen and oxygen atoms in total. The molecule has 1 N–H and O–H groups in total. The van der Waals surface area contributed by atoms with Crippen LogP contribution in [0.1, 0.15) is 58.8 Å². The highest BCUT2D eigenvalue weighted by atomic mass is 15.3. The lowest BCUT2D eigenvalue weighted by atomic mass is 9.82. The summed E-state index contributed by atoms with van der Waals surface area (Å²) in [6.07, 6.45) is 14.8. The molecule has 2 heteroatoms. The Labute approximate surface area is 119 Å². The molecule has 1 aliphatic heterocycles. The number of hydrogen-bond donors (Lipinski definition) is 1. The molecule has 0 spiro atoms. The molecule has 1 heterocycles. The van der Waals surface area contributed by atoms with E-state index in [1.165, 1.54) is 45.1 Å². The van der Waals surface area contributed by atoms with Gasteiger partial charge >= 0.3 is 0 Å². The molecule has 0 radical (unpaired) electrons. The summed E-state index contributed by atoms with van der Waals surface area (Å²) in [6, 6.07) is 1.90. The fourth-order valence-corrected chi connectivity index (χ4v) is 3.90. The highest BCUT2D eigenvalue weighted by Gasteiger charge is 2.33. The predicted molar refractivity (Wildman–Crippen MR) is 82.1 cm³/mol. The Hall–Kier alpha value is -0.520. The van der Waals surface area contributed by atoms with Crippen LogP contribution in [0.4, 0.5) is 0 Å². The fraction of sp³-hybridized carbons (Fsp3) is 0.882. The highest BCUT2D eigenvalue weighted by molar-refractivity contribution is 4.96. The van der Waals surface area contributed by atoms with E-state index in [4.69, 9.17) is 6.42 Å². The Bertz CT molecular complexity index is 301. The van der Waals surface area contributed by atoms with Crippen LogP contribution in [-0.4, -0.2) is 36.1 Å². The molecule has 2 rings (SSSR count). The van der Waals surface area contributed by atoms with Gasteiger partial charge in [-0.3, -0.25) is 4.90 Å². The van der Waals surface area contributed by atoms with Gasteiger partial charge < -0.3 is 5.32 Å². The number of nitrogens with one attached hydrogen (secondary N) is 1. The van der Waals surface area contributed by atoms with Crippen molar-refractivity contribution in [3.8, 4) is 12.3 Å². The average molecular weight is 262 g/mol. The maximum Gasteiger partial charge on any atom is 0.0242 e. The second-order valence-corrected chi connectivity index (χ2v) is 6.43. The van der Waals surface area contributed by atoms with Gasteiger partial charge in [-0.1, -0.05) is 26.2 Å². The van der Waals surface area contributed by atoms with Crippen LogP contribution in [0.2, 0.25) is 0 Å². The van der Waals surface area contributed by atoms with Crippen LogP contribution in [0.25, 0.3) is 0 Å². The zero-order valence-corrected chi connectivity index (χ0v) is 12.7. The van der Waals surface area contributed by atoms with E-state index in [-0.39, 0.29) is 0 Å². The van der Waals surface area contributed by atoms with Gasteiger partial charge in [0, 0.05) is 37.6 Å². The summed E-state index contributed by atoms with van der Waals surface area (Å²) >= 11 is 0. The molecule has 3 atom stereocenters. The van der Waals surface area contributed by atoms with E-state index in [0.29, 0.717) is 18.1 Å². The Balaban J connectivity index is 1.96. The number of terminal acetylenes is 1. The average Bonchev–Trinajstić information content (AvgIpc) is 2.46. The molecule has 0 aromatic rings. The summed E-state index contributed by atoms with van der Waals surface area (Å²) in [5, 5.41) is 3.80. The van der Waals surface area contributed by atoms with Crippen molar-refractivity contribution in [2.75, 3.05) is 13.1 Å². The van der Waals surface area contributed by atoms with E-state index >= 15 is 0 Å². The molecule has 108 valence electrons. The minimum atomic E-state index is 0.577. The Kier molecular flexibility index (Phi) is 5.73. The predicted octanol–water partition coefficient (Wildman–Crippen LogP) is 3.03. The van der Waals surface area contributed by atoms with Gasteiger partial charge in [-0.15, -0.1) is 12.3 Å². The fourth-order valence-electron chi connectivity index (χ4n) is 3.90. The SMILES string of the molecule is C#CCC(CC)N1CC(C2CCCCC2)NCC1C. The van der Waals surface area contributed by atoms with Crippen molar-refractivity contribution in [1.29, 1.82) is 0 Å². The van der Waals surface area contributed by atoms with E-state index < -0.39 is 0 Å². The molecule has 2 fully saturated rings. The zero-order valence-electron chi connectivity index (χ0n) is 12.7. The van der Waals surface area contributed by atoms with Crippen molar-refractivity contribution in [2.24, 2.45) is 5.92 Å². The number of nitrogens with zero attached hydrogens (tertiary/aromatic N) is 1. The van der Waals surface area contributed by atoms with Gasteiger partial charge in [0.25, 0.3) is 0 Å². The van der Waals surface area contributed by atoms with Crippen LogP contribution >= 0.6 is 0 Å². The third-order valence-electron chi connectivity index (χ3n) is 5.16. The van der Waals surface area contributed by atoms with Crippen LogP contribution in [0.3, 0.4) is 0 Å². The van der Waals surface area contributed by atoms with E-state index in [2.05, 4.69) is 30.0 Å². The maximum atomic E-state index is 5.54. The third kappa shape index (κ3) is 3.74. The minimum absolute atomic E-state index is 0.577. The van der Waals surface area contributed by atoms with Gasteiger partial charge in [0.05, 0.1) is 0 Å². The molecule has 0 aromatic carbocycles. The van der Waals surface area contributed by atoms with Crippen LogP contribution in [0, 0.1) is 18.3 Å². The van der Waals surface area contributed by atoms with Crippen molar-refractivity contribution < 1.29 is 0 Å². The quantitative estimate of drug-likeness (QED) is 0.784. The molecule has 19 heavy (non-hydrogen) atoms. The first kappa shape index (κ1) is 14.9. The lowest BCUT2D eigenvalue weighted by Crippen LogP contribution is -2.60. The zero-order chi connectivity index (χ0) is 13.7. The molecule has 0 amide bonds. The van der Waals surface area contributed by atoms with Crippen molar-refractivity contribution in [3.05, 3.63) is 0 Å². The molecular formula is C17H30N2. The monoisotopic (exact) mass is 262 g/mol. The van der Waals surface area contributed by atoms with Crippen LogP contribution in [0.5, 0.6) is 0 Å². The van der Waals surface area contributed by atoms with Gasteiger partial charge in [-0.2, -0.15) is 0 Å². The van der Waals surface area contributed by atoms with E-state index in [1.54, 1.807) is 0 Å². The molecule has 1 saturated carbocycles. The van der Waals surface area contributed by atoms with Gasteiger partial charge in [0.1, 0.15) is 0 Å². The second kappa shape index (κ2) is 7.31. The summed E-state index contributed by atoms with van der Waals surface area (Å²) < 4.78 is 0. The number of piperazine rings is 1. The first-order chi connectivity index (χ1) is 9.26. The normalized spacial score (nSPS) is 31.8. The van der Waals surface area contributed by atoms with Gasteiger partial charge in [-0.25, -0.2) is 0 Å². The van der Waals surface area contributed by atoms with E-state index in [9.17, 15) is 0 Å². The lowest BCUT2D eigenvalue weighted by molar-refractivity contribution is 0.0655. The maximum absolute atomic E-state index is 5.54. The van der Waals surface area contributed by atoms with Gasteiger partial charge in [0.15, 0.2) is 0 Å². The van der Waals surface area contributed by atoms with Crippen LogP contribution in [0.15, 0.2) is 0 Å². The number of hydrogen-bond acceptors (Lipinski definition) is 2. The smallest absolute Gasteiger partial charge is 0.0242 e. The summed E-state index contributed by atoms with van der Waals surface area (Å²) in [5.74, 6) is 3.76. The topological polar surface area (TPSA) is 15.3 Å². The van der Waals surface area contributed by atoms with E-state index in [0.717, 1.165) is 18.9 Å². The lowest BCUT2D eigenvalue weighted by Gasteiger charge is -2.45. The van der Waals surface area contributed by atoms with Crippen LogP contribution in [-0.2, 0) is 0 Å². The number of rotatable bonds is 4. The standard InChI is InChI=1S/C17H30N2/c1-4-9-16(5-2)19-13-17(18-12-14(19)3)15-10-7-6-8-11-15/h1,14-18H,5-13H2,2-3H3. The van der Waals surface area contributed by atoms with Crippen molar-refractivity contribution in [1.82, 2.24) is 10.2 Å². The Morgan fingerprint density at radius 3 is 2.68 bits per heavy atom. The summed E-state index contributed by atoms with van der Waals surface area (Å²) in [6.45, 7) is 6.93. The molecule has 2 aliphatic rings. The van der Waals surface area contributed by atoms with Crippen molar-refractivity contribution in [3.63, 3.8) is 0 Å². The van der Waals surface area contributed by atoms with Crippen molar-refractivity contribution in [2.45, 2.75) is 76.9 Å². The summed E-state index contributed by atoms with van der Waals surface area (Å²) in [4.78, 5) is 2.68. The Morgan fingerprint density at radius 1 is 1.32 bits per heavy atom. The molecule has 0 bridgehead atoms. The third-order valence-corrected chi connectivity index (χ3v) is 5.16. The van der Waals surface area contributed by atoms with Crippen LogP contribution < -0.4 is 5.32 Å². The van der Waals surface area contributed by atoms with Gasteiger partial charge in [-0.05, 0) is 32.1 Å².